The summed E-state index contributed by atoms with van der Waals surface area (Å²) in [5.41, 5.74) is 2.68. The Morgan fingerprint density at radius 2 is 2.25 bits per heavy atom. The van der Waals surface area contributed by atoms with Gasteiger partial charge in [0.05, 0.1) is 0 Å². The zero-order chi connectivity index (χ0) is 11.5. The second kappa shape index (κ2) is 5.33. The molecule has 2 unspecified atom stereocenters. The zero-order valence-corrected chi connectivity index (χ0v) is 11.7. The van der Waals surface area contributed by atoms with E-state index >= 15 is 0 Å². The Hall–Kier alpha value is -0.340. The molecule has 2 heteroatoms. The van der Waals surface area contributed by atoms with Crippen molar-refractivity contribution in [3.63, 3.8) is 0 Å². The first-order chi connectivity index (χ1) is 7.70. The molecule has 0 heterocycles. The molecule has 0 aliphatic heterocycles. The molecule has 0 aromatic heterocycles. The molecule has 1 fully saturated rings. The van der Waals surface area contributed by atoms with Gasteiger partial charge >= 0.3 is 0 Å². The molecule has 1 aromatic carbocycles. The molecule has 0 amide bonds. The molecular weight excluding hydrogens is 262 g/mol. The molecule has 1 aromatic rings. The molecule has 1 aliphatic rings. The number of hydrogen-bond acceptors (Lipinski definition) is 1. The lowest BCUT2D eigenvalue weighted by molar-refractivity contribution is 0.598. The van der Waals surface area contributed by atoms with Crippen LogP contribution in [0.15, 0.2) is 22.7 Å². The quantitative estimate of drug-likeness (QED) is 0.859. The third-order valence-corrected chi connectivity index (χ3v) is 4.08. The van der Waals surface area contributed by atoms with Gasteiger partial charge < -0.3 is 5.32 Å². The maximum atomic E-state index is 3.64. The SMILES string of the molecule is CCCC1CC1NCc1ccc(C)cc1Br. The Morgan fingerprint density at radius 1 is 1.44 bits per heavy atom. The van der Waals surface area contributed by atoms with Crippen molar-refractivity contribution in [2.75, 3.05) is 0 Å². The maximum Gasteiger partial charge on any atom is 0.0222 e. The van der Waals surface area contributed by atoms with Crippen LogP contribution in [0, 0.1) is 12.8 Å². The van der Waals surface area contributed by atoms with E-state index in [1.165, 1.54) is 34.9 Å². The highest BCUT2D eigenvalue weighted by Gasteiger charge is 2.35. The van der Waals surface area contributed by atoms with E-state index in [2.05, 4.69) is 53.3 Å². The molecule has 0 radical (unpaired) electrons. The molecule has 0 spiro atoms. The molecule has 0 saturated heterocycles. The van der Waals surface area contributed by atoms with Gasteiger partial charge in [-0.3, -0.25) is 0 Å². The van der Waals surface area contributed by atoms with Crippen LogP contribution in [-0.2, 0) is 6.54 Å². The van der Waals surface area contributed by atoms with Crippen molar-refractivity contribution in [3.05, 3.63) is 33.8 Å². The Bertz CT molecular complexity index is 362. The third-order valence-electron chi connectivity index (χ3n) is 3.35. The molecular formula is C14H20BrN. The summed E-state index contributed by atoms with van der Waals surface area (Å²) >= 11 is 3.62. The highest BCUT2D eigenvalue weighted by atomic mass is 79.9. The van der Waals surface area contributed by atoms with Crippen molar-refractivity contribution in [1.29, 1.82) is 0 Å². The normalized spacial score (nSPS) is 23.4. The van der Waals surface area contributed by atoms with E-state index < -0.39 is 0 Å². The van der Waals surface area contributed by atoms with Gasteiger partial charge in [0.1, 0.15) is 0 Å². The lowest BCUT2D eigenvalue weighted by Crippen LogP contribution is -2.17. The van der Waals surface area contributed by atoms with Crippen LogP contribution in [0.1, 0.15) is 37.3 Å². The summed E-state index contributed by atoms with van der Waals surface area (Å²) in [6.07, 6.45) is 4.07. The smallest absolute Gasteiger partial charge is 0.0222 e. The van der Waals surface area contributed by atoms with Gasteiger partial charge in [-0.05, 0) is 42.9 Å². The van der Waals surface area contributed by atoms with E-state index in [0.29, 0.717) is 0 Å². The van der Waals surface area contributed by atoms with E-state index in [-0.39, 0.29) is 0 Å². The Labute approximate surface area is 107 Å². The monoisotopic (exact) mass is 281 g/mol. The molecule has 0 bridgehead atoms. The molecule has 1 saturated carbocycles. The molecule has 16 heavy (non-hydrogen) atoms. The maximum absolute atomic E-state index is 3.64. The Balaban J connectivity index is 1.82. The molecule has 88 valence electrons. The van der Waals surface area contributed by atoms with Crippen LogP contribution in [-0.4, -0.2) is 6.04 Å². The van der Waals surface area contributed by atoms with Crippen LogP contribution in [0.5, 0.6) is 0 Å². The zero-order valence-electron chi connectivity index (χ0n) is 10.1. The highest BCUT2D eigenvalue weighted by Crippen LogP contribution is 2.34. The van der Waals surface area contributed by atoms with Gasteiger partial charge in [-0.1, -0.05) is 41.4 Å². The number of nitrogens with one attached hydrogen (secondary N) is 1. The summed E-state index contributed by atoms with van der Waals surface area (Å²) in [5, 5.41) is 3.64. The van der Waals surface area contributed by atoms with Crippen LogP contribution in [0.2, 0.25) is 0 Å². The molecule has 2 rings (SSSR count). The number of halogens is 1. The van der Waals surface area contributed by atoms with Crippen LogP contribution >= 0.6 is 15.9 Å². The predicted molar refractivity (Wildman–Crippen MR) is 72.5 cm³/mol. The van der Waals surface area contributed by atoms with E-state index in [1.807, 2.05) is 0 Å². The standard InChI is InChI=1S/C14H20BrN/c1-3-4-11-8-14(11)16-9-12-6-5-10(2)7-13(12)15/h5-7,11,14,16H,3-4,8-9H2,1-2H3. The highest BCUT2D eigenvalue weighted by molar-refractivity contribution is 9.10. The summed E-state index contributed by atoms with van der Waals surface area (Å²) in [7, 11) is 0. The van der Waals surface area contributed by atoms with Crippen molar-refractivity contribution in [3.8, 4) is 0 Å². The van der Waals surface area contributed by atoms with Gasteiger partial charge in [-0.2, -0.15) is 0 Å². The minimum Gasteiger partial charge on any atom is -0.310 e. The van der Waals surface area contributed by atoms with Crippen LogP contribution in [0.4, 0.5) is 0 Å². The summed E-state index contributed by atoms with van der Waals surface area (Å²) < 4.78 is 1.23. The van der Waals surface area contributed by atoms with E-state index in [9.17, 15) is 0 Å². The lowest BCUT2D eigenvalue weighted by atomic mass is 10.1. The summed E-state index contributed by atoms with van der Waals surface area (Å²) in [4.78, 5) is 0. The van der Waals surface area contributed by atoms with Crippen molar-refractivity contribution in [2.45, 2.75) is 45.7 Å². The van der Waals surface area contributed by atoms with E-state index in [1.54, 1.807) is 0 Å². The Kier molecular flexibility index (Phi) is 4.04. The van der Waals surface area contributed by atoms with Gasteiger partial charge in [0.15, 0.2) is 0 Å². The molecule has 1 aliphatic carbocycles. The minimum atomic E-state index is 0.771. The Morgan fingerprint density at radius 3 is 2.94 bits per heavy atom. The van der Waals surface area contributed by atoms with Crippen LogP contribution in [0.25, 0.3) is 0 Å². The van der Waals surface area contributed by atoms with Gasteiger partial charge in [-0.25, -0.2) is 0 Å². The second-order valence-electron chi connectivity index (χ2n) is 4.87. The van der Waals surface area contributed by atoms with Crippen molar-refractivity contribution >= 4 is 15.9 Å². The minimum absolute atomic E-state index is 0.771. The number of rotatable bonds is 5. The summed E-state index contributed by atoms with van der Waals surface area (Å²) in [6.45, 7) is 5.39. The third kappa shape index (κ3) is 3.08. The molecule has 2 atom stereocenters. The van der Waals surface area contributed by atoms with Gasteiger partial charge in [-0.15, -0.1) is 0 Å². The first kappa shape index (κ1) is 12.1. The molecule has 1 N–H and O–H groups in total. The number of hydrogen-bond donors (Lipinski definition) is 1. The van der Waals surface area contributed by atoms with Gasteiger partial charge in [0.25, 0.3) is 0 Å². The average Bonchev–Trinajstić information content (AvgIpc) is 2.96. The first-order valence-electron chi connectivity index (χ1n) is 6.19. The molecule has 1 nitrogen and oxygen atoms in total. The van der Waals surface area contributed by atoms with Gasteiger partial charge in [0.2, 0.25) is 0 Å². The topological polar surface area (TPSA) is 12.0 Å². The number of benzene rings is 1. The fourth-order valence-electron chi connectivity index (χ4n) is 2.22. The second-order valence-corrected chi connectivity index (χ2v) is 5.72. The average molecular weight is 282 g/mol. The largest absolute Gasteiger partial charge is 0.310 e. The van der Waals surface area contributed by atoms with Crippen molar-refractivity contribution < 1.29 is 0 Å². The van der Waals surface area contributed by atoms with Gasteiger partial charge in [0, 0.05) is 17.1 Å². The summed E-state index contributed by atoms with van der Waals surface area (Å²) in [6, 6.07) is 7.35. The predicted octanol–water partition coefficient (Wildman–Crippen LogP) is 4.04. The summed E-state index contributed by atoms with van der Waals surface area (Å²) in [5.74, 6) is 0.939. The van der Waals surface area contributed by atoms with Crippen LogP contribution in [0.3, 0.4) is 0 Å². The van der Waals surface area contributed by atoms with Crippen molar-refractivity contribution in [2.24, 2.45) is 5.92 Å². The first-order valence-corrected chi connectivity index (χ1v) is 6.98. The lowest BCUT2D eigenvalue weighted by Gasteiger charge is -2.07. The fourth-order valence-corrected chi connectivity index (χ4v) is 2.86. The fraction of sp³-hybridized carbons (Fsp3) is 0.571. The van der Waals surface area contributed by atoms with Crippen molar-refractivity contribution in [1.82, 2.24) is 5.32 Å². The van der Waals surface area contributed by atoms with E-state index in [4.69, 9.17) is 0 Å². The number of aryl methyl sites for hydroxylation is 1. The van der Waals surface area contributed by atoms with Crippen LogP contribution < -0.4 is 5.32 Å². The van der Waals surface area contributed by atoms with E-state index in [0.717, 1.165) is 18.5 Å².